The Hall–Kier alpha value is -0.850. The smallest absolute Gasteiger partial charge is 0.297 e. The monoisotopic (exact) mass is 343 g/mol. The Morgan fingerprint density at radius 3 is 3.05 bits per heavy atom. The SMILES string of the molecule is CCCNCc1coc(N(C)Cc2cc(Br)cs2)n1. The summed E-state index contributed by atoms with van der Waals surface area (Å²) in [6, 6.07) is 2.78. The molecule has 0 radical (unpaired) electrons. The molecule has 6 heteroatoms. The number of rotatable bonds is 7. The molecule has 2 aromatic rings. The summed E-state index contributed by atoms with van der Waals surface area (Å²) in [4.78, 5) is 7.77. The van der Waals surface area contributed by atoms with Crippen LogP contribution < -0.4 is 10.2 Å². The van der Waals surface area contributed by atoms with Crippen LogP contribution in [0.25, 0.3) is 0 Å². The van der Waals surface area contributed by atoms with Gasteiger partial charge in [-0.05, 0) is 35.0 Å². The van der Waals surface area contributed by atoms with Crippen molar-refractivity contribution in [1.82, 2.24) is 10.3 Å². The summed E-state index contributed by atoms with van der Waals surface area (Å²) in [7, 11) is 1.99. The first-order valence-corrected chi connectivity index (χ1v) is 7.95. The fourth-order valence-corrected chi connectivity index (χ4v) is 3.19. The van der Waals surface area contributed by atoms with Crippen LogP contribution in [0.1, 0.15) is 23.9 Å². The third kappa shape index (κ3) is 4.33. The van der Waals surface area contributed by atoms with Gasteiger partial charge in [0.15, 0.2) is 0 Å². The van der Waals surface area contributed by atoms with E-state index in [9.17, 15) is 0 Å². The van der Waals surface area contributed by atoms with Crippen LogP contribution in [0, 0.1) is 0 Å². The van der Waals surface area contributed by atoms with Gasteiger partial charge in [-0.2, -0.15) is 4.98 Å². The maximum Gasteiger partial charge on any atom is 0.297 e. The molecule has 0 amide bonds. The lowest BCUT2D eigenvalue weighted by Crippen LogP contribution is -2.17. The number of nitrogens with zero attached hydrogens (tertiary/aromatic N) is 2. The molecule has 0 aromatic carbocycles. The van der Waals surface area contributed by atoms with Gasteiger partial charge in [0, 0.05) is 28.3 Å². The molecular formula is C13H18BrN3OS. The minimum absolute atomic E-state index is 0.665. The van der Waals surface area contributed by atoms with Crippen molar-refractivity contribution in [3.05, 3.63) is 32.8 Å². The van der Waals surface area contributed by atoms with Crippen LogP contribution in [0.3, 0.4) is 0 Å². The van der Waals surface area contributed by atoms with E-state index in [0.717, 1.165) is 36.2 Å². The van der Waals surface area contributed by atoms with Crippen LogP contribution >= 0.6 is 27.3 Å². The quantitative estimate of drug-likeness (QED) is 0.779. The molecule has 104 valence electrons. The molecule has 0 spiro atoms. The third-order valence-electron chi connectivity index (χ3n) is 2.61. The van der Waals surface area contributed by atoms with Gasteiger partial charge in [-0.25, -0.2) is 0 Å². The third-order valence-corrected chi connectivity index (χ3v) is 4.30. The predicted molar refractivity (Wildman–Crippen MR) is 82.6 cm³/mol. The molecule has 0 saturated heterocycles. The molecule has 4 nitrogen and oxygen atoms in total. The first-order valence-electron chi connectivity index (χ1n) is 6.28. The summed E-state index contributed by atoms with van der Waals surface area (Å²) in [5.74, 6) is 0. The van der Waals surface area contributed by atoms with Gasteiger partial charge in [0.2, 0.25) is 0 Å². The fraction of sp³-hybridized carbons (Fsp3) is 0.462. The van der Waals surface area contributed by atoms with E-state index in [2.05, 4.69) is 44.6 Å². The fourth-order valence-electron chi connectivity index (χ4n) is 1.68. The first-order chi connectivity index (χ1) is 9.19. The molecule has 19 heavy (non-hydrogen) atoms. The molecule has 0 bridgehead atoms. The van der Waals surface area contributed by atoms with Crippen LogP contribution in [0.5, 0.6) is 0 Å². The average molecular weight is 344 g/mol. The molecule has 0 saturated carbocycles. The van der Waals surface area contributed by atoms with E-state index < -0.39 is 0 Å². The van der Waals surface area contributed by atoms with Gasteiger partial charge >= 0.3 is 0 Å². The summed E-state index contributed by atoms with van der Waals surface area (Å²) in [6.07, 6.45) is 2.84. The Morgan fingerprint density at radius 2 is 2.37 bits per heavy atom. The molecule has 0 unspecified atom stereocenters. The predicted octanol–water partition coefficient (Wildman–Crippen LogP) is 3.63. The summed E-state index contributed by atoms with van der Waals surface area (Å²) < 4.78 is 6.63. The number of aromatic nitrogens is 1. The van der Waals surface area contributed by atoms with E-state index in [1.54, 1.807) is 17.6 Å². The number of thiophene rings is 1. The van der Waals surface area contributed by atoms with Crippen LogP contribution in [0.4, 0.5) is 6.01 Å². The Morgan fingerprint density at radius 1 is 1.53 bits per heavy atom. The van der Waals surface area contributed by atoms with Gasteiger partial charge in [-0.3, -0.25) is 0 Å². The van der Waals surface area contributed by atoms with Gasteiger partial charge in [-0.1, -0.05) is 6.92 Å². The summed E-state index contributed by atoms with van der Waals surface area (Å²) >= 11 is 5.19. The first kappa shape index (κ1) is 14.6. The molecule has 2 aromatic heterocycles. The maximum atomic E-state index is 5.50. The highest BCUT2D eigenvalue weighted by Gasteiger charge is 2.10. The number of anilines is 1. The standard InChI is InChI=1S/C13H18BrN3OS/c1-3-4-15-6-11-8-18-13(16-11)17(2)7-12-5-10(14)9-19-12/h5,8-9,15H,3-4,6-7H2,1-2H3. The van der Waals surface area contributed by atoms with Gasteiger partial charge in [0.05, 0.1) is 12.2 Å². The minimum atomic E-state index is 0.665. The Bertz CT molecular complexity index is 511. The summed E-state index contributed by atoms with van der Waals surface area (Å²) in [5.41, 5.74) is 0.947. The number of nitrogens with one attached hydrogen (secondary N) is 1. The second-order valence-corrected chi connectivity index (χ2v) is 6.30. The van der Waals surface area contributed by atoms with E-state index in [1.165, 1.54) is 4.88 Å². The highest BCUT2D eigenvalue weighted by atomic mass is 79.9. The van der Waals surface area contributed by atoms with Crippen molar-refractivity contribution in [3.8, 4) is 0 Å². The molecule has 0 aliphatic carbocycles. The zero-order chi connectivity index (χ0) is 13.7. The molecule has 0 aliphatic heterocycles. The Balaban J connectivity index is 1.90. The van der Waals surface area contributed by atoms with Crippen molar-refractivity contribution < 1.29 is 4.42 Å². The lowest BCUT2D eigenvalue weighted by Gasteiger charge is -2.12. The largest absolute Gasteiger partial charge is 0.432 e. The van der Waals surface area contributed by atoms with Crippen molar-refractivity contribution in [2.45, 2.75) is 26.4 Å². The lowest BCUT2D eigenvalue weighted by atomic mass is 10.4. The highest BCUT2D eigenvalue weighted by molar-refractivity contribution is 9.10. The Kier molecular flexibility index (Phi) is 5.42. The zero-order valence-corrected chi connectivity index (χ0v) is 13.6. The number of oxazole rings is 1. The van der Waals surface area contributed by atoms with Crippen LogP contribution in [0.2, 0.25) is 0 Å². The molecule has 1 N–H and O–H groups in total. The van der Waals surface area contributed by atoms with Gasteiger partial charge in [0.25, 0.3) is 6.01 Å². The van der Waals surface area contributed by atoms with Crippen LogP contribution in [-0.2, 0) is 13.1 Å². The highest BCUT2D eigenvalue weighted by Crippen LogP contribution is 2.22. The molecule has 0 fully saturated rings. The van der Waals surface area contributed by atoms with E-state index >= 15 is 0 Å². The van der Waals surface area contributed by atoms with Gasteiger partial charge in [0.1, 0.15) is 6.26 Å². The number of hydrogen-bond donors (Lipinski definition) is 1. The molecule has 2 heterocycles. The second-order valence-electron chi connectivity index (χ2n) is 4.39. The lowest BCUT2D eigenvalue weighted by molar-refractivity contribution is 0.543. The minimum Gasteiger partial charge on any atom is -0.432 e. The van der Waals surface area contributed by atoms with E-state index in [0.29, 0.717) is 6.01 Å². The van der Waals surface area contributed by atoms with Crippen LogP contribution in [-0.4, -0.2) is 18.6 Å². The summed E-state index contributed by atoms with van der Waals surface area (Å²) in [6.45, 7) is 4.71. The number of hydrogen-bond acceptors (Lipinski definition) is 5. The van der Waals surface area contributed by atoms with Crippen molar-refractivity contribution in [2.75, 3.05) is 18.5 Å². The van der Waals surface area contributed by atoms with Crippen molar-refractivity contribution in [3.63, 3.8) is 0 Å². The van der Waals surface area contributed by atoms with E-state index in [1.807, 2.05) is 11.9 Å². The Labute approximate surface area is 126 Å². The normalized spacial score (nSPS) is 10.9. The molecule has 0 atom stereocenters. The maximum absolute atomic E-state index is 5.50. The number of halogens is 1. The van der Waals surface area contributed by atoms with Crippen molar-refractivity contribution in [1.29, 1.82) is 0 Å². The van der Waals surface area contributed by atoms with Gasteiger partial charge in [-0.15, -0.1) is 11.3 Å². The zero-order valence-electron chi connectivity index (χ0n) is 11.1. The summed E-state index contributed by atoms with van der Waals surface area (Å²) in [5, 5.41) is 5.39. The van der Waals surface area contributed by atoms with Crippen molar-refractivity contribution in [2.24, 2.45) is 0 Å². The molecular weight excluding hydrogens is 326 g/mol. The van der Waals surface area contributed by atoms with Crippen LogP contribution in [0.15, 0.2) is 26.6 Å². The molecule has 0 aliphatic rings. The van der Waals surface area contributed by atoms with E-state index in [4.69, 9.17) is 4.42 Å². The second kappa shape index (κ2) is 7.07. The molecule has 2 rings (SSSR count). The van der Waals surface area contributed by atoms with Crippen molar-refractivity contribution >= 4 is 33.3 Å². The van der Waals surface area contributed by atoms with E-state index in [-0.39, 0.29) is 0 Å². The average Bonchev–Trinajstić information content (AvgIpc) is 2.99. The van der Waals surface area contributed by atoms with Gasteiger partial charge < -0.3 is 14.6 Å². The topological polar surface area (TPSA) is 41.3 Å².